The van der Waals surface area contributed by atoms with E-state index in [1.807, 2.05) is 0 Å². The highest BCUT2D eigenvalue weighted by Crippen LogP contribution is 2.26. The normalized spacial score (nSPS) is 15.9. The zero-order valence-electron chi connectivity index (χ0n) is 10.9. The number of hydrogen-bond acceptors (Lipinski definition) is 3. The molecule has 104 valence electrons. The molecular weight excluding hydrogens is 249 g/mol. The van der Waals surface area contributed by atoms with Crippen molar-refractivity contribution in [2.75, 3.05) is 6.61 Å². The fourth-order valence-electron chi connectivity index (χ4n) is 1.76. The van der Waals surface area contributed by atoms with Gasteiger partial charge in [0.15, 0.2) is 0 Å². The molecule has 19 heavy (non-hydrogen) atoms. The van der Waals surface area contributed by atoms with Gasteiger partial charge < -0.3 is 15.2 Å². The second kappa shape index (κ2) is 6.02. The summed E-state index contributed by atoms with van der Waals surface area (Å²) >= 11 is 0. The van der Waals surface area contributed by atoms with Crippen molar-refractivity contribution < 1.29 is 19.0 Å². The summed E-state index contributed by atoms with van der Waals surface area (Å²) in [5.41, 5.74) is 0.518. The SMILES string of the molecule is CC(O)c1ccc(F)cc1OCCC(=O)NC1CC1. The van der Waals surface area contributed by atoms with E-state index >= 15 is 0 Å². The van der Waals surface area contributed by atoms with E-state index in [1.54, 1.807) is 6.92 Å². The van der Waals surface area contributed by atoms with Gasteiger partial charge in [0.05, 0.1) is 19.1 Å². The predicted molar refractivity (Wildman–Crippen MR) is 68.3 cm³/mol. The van der Waals surface area contributed by atoms with Crippen LogP contribution >= 0.6 is 0 Å². The van der Waals surface area contributed by atoms with Crippen molar-refractivity contribution in [3.8, 4) is 5.75 Å². The summed E-state index contributed by atoms with van der Waals surface area (Å²) in [6.07, 6.45) is 1.58. The quantitative estimate of drug-likeness (QED) is 0.828. The lowest BCUT2D eigenvalue weighted by atomic mass is 10.1. The van der Waals surface area contributed by atoms with Crippen molar-refractivity contribution in [1.29, 1.82) is 0 Å². The molecule has 1 saturated carbocycles. The first kappa shape index (κ1) is 13.8. The van der Waals surface area contributed by atoms with Crippen molar-refractivity contribution >= 4 is 5.91 Å². The highest BCUT2D eigenvalue weighted by molar-refractivity contribution is 5.76. The Bertz CT molecular complexity index is 458. The molecule has 2 N–H and O–H groups in total. The summed E-state index contributed by atoms with van der Waals surface area (Å²) in [5.74, 6) is -0.200. The number of halogens is 1. The van der Waals surface area contributed by atoms with Crippen LogP contribution in [-0.2, 0) is 4.79 Å². The second-order valence-electron chi connectivity index (χ2n) is 4.80. The van der Waals surface area contributed by atoms with Gasteiger partial charge in [0.2, 0.25) is 5.91 Å². The molecule has 5 heteroatoms. The first-order chi connectivity index (χ1) is 9.06. The minimum atomic E-state index is -0.740. The van der Waals surface area contributed by atoms with Crippen LogP contribution in [-0.4, -0.2) is 23.7 Å². The number of rotatable bonds is 6. The molecule has 1 amide bonds. The highest BCUT2D eigenvalue weighted by Gasteiger charge is 2.23. The van der Waals surface area contributed by atoms with Gasteiger partial charge in [0.1, 0.15) is 11.6 Å². The Balaban J connectivity index is 1.87. The van der Waals surface area contributed by atoms with E-state index in [0.717, 1.165) is 12.8 Å². The average Bonchev–Trinajstić information content (AvgIpc) is 3.12. The second-order valence-corrected chi connectivity index (χ2v) is 4.80. The van der Waals surface area contributed by atoms with Crippen LogP contribution in [0.2, 0.25) is 0 Å². The topological polar surface area (TPSA) is 58.6 Å². The molecule has 1 aliphatic carbocycles. The molecule has 0 spiro atoms. The summed E-state index contributed by atoms with van der Waals surface area (Å²) in [7, 11) is 0. The number of carbonyl (C=O) groups is 1. The van der Waals surface area contributed by atoms with Gasteiger partial charge in [0, 0.05) is 17.7 Å². The molecule has 1 unspecified atom stereocenters. The number of benzene rings is 1. The molecule has 4 nitrogen and oxygen atoms in total. The van der Waals surface area contributed by atoms with Crippen LogP contribution in [0.25, 0.3) is 0 Å². The van der Waals surface area contributed by atoms with E-state index in [1.165, 1.54) is 18.2 Å². The number of nitrogens with one attached hydrogen (secondary N) is 1. The minimum Gasteiger partial charge on any atom is -0.493 e. The van der Waals surface area contributed by atoms with Gasteiger partial charge in [-0.3, -0.25) is 4.79 Å². The monoisotopic (exact) mass is 267 g/mol. The fourth-order valence-corrected chi connectivity index (χ4v) is 1.76. The average molecular weight is 267 g/mol. The Morgan fingerprint density at radius 1 is 1.58 bits per heavy atom. The molecule has 1 aromatic rings. The van der Waals surface area contributed by atoms with E-state index in [0.29, 0.717) is 11.6 Å². The first-order valence-electron chi connectivity index (χ1n) is 6.46. The lowest BCUT2D eigenvalue weighted by molar-refractivity contribution is -0.121. The highest BCUT2D eigenvalue weighted by atomic mass is 19.1. The third-order valence-electron chi connectivity index (χ3n) is 2.95. The molecule has 1 atom stereocenters. The number of carbonyl (C=O) groups excluding carboxylic acids is 1. The summed E-state index contributed by atoms with van der Waals surface area (Å²) in [5, 5.41) is 12.4. The zero-order valence-corrected chi connectivity index (χ0v) is 10.9. The van der Waals surface area contributed by atoms with Crippen molar-refractivity contribution in [1.82, 2.24) is 5.32 Å². The number of hydrogen-bond donors (Lipinski definition) is 2. The maximum atomic E-state index is 13.1. The largest absolute Gasteiger partial charge is 0.493 e. The van der Waals surface area contributed by atoms with Gasteiger partial charge in [-0.15, -0.1) is 0 Å². The Morgan fingerprint density at radius 2 is 2.32 bits per heavy atom. The minimum absolute atomic E-state index is 0.0579. The van der Waals surface area contributed by atoms with Crippen LogP contribution < -0.4 is 10.1 Å². The molecule has 2 rings (SSSR count). The van der Waals surface area contributed by atoms with E-state index in [4.69, 9.17) is 4.74 Å². The zero-order chi connectivity index (χ0) is 13.8. The van der Waals surface area contributed by atoms with Gasteiger partial charge in [0.25, 0.3) is 0 Å². The van der Waals surface area contributed by atoms with E-state index in [9.17, 15) is 14.3 Å². The van der Waals surface area contributed by atoms with Gasteiger partial charge >= 0.3 is 0 Å². The maximum absolute atomic E-state index is 13.1. The third kappa shape index (κ3) is 4.21. The van der Waals surface area contributed by atoms with Crippen LogP contribution in [0.15, 0.2) is 18.2 Å². The van der Waals surface area contributed by atoms with E-state index in [-0.39, 0.29) is 24.7 Å². The standard InChI is InChI=1S/C14H18FNO3/c1-9(17)12-5-2-10(15)8-13(12)19-7-6-14(18)16-11-3-4-11/h2,5,8-9,11,17H,3-4,6-7H2,1H3,(H,16,18). The Labute approximate surface area is 111 Å². The van der Waals surface area contributed by atoms with Crippen LogP contribution in [0, 0.1) is 5.82 Å². The molecular formula is C14H18FNO3. The number of ether oxygens (including phenoxy) is 1. The molecule has 0 saturated heterocycles. The Hall–Kier alpha value is -1.62. The summed E-state index contributed by atoms with van der Waals surface area (Å²) in [6, 6.07) is 4.31. The lowest BCUT2D eigenvalue weighted by Gasteiger charge is -2.13. The van der Waals surface area contributed by atoms with Crippen molar-refractivity contribution in [2.45, 2.75) is 38.3 Å². The van der Waals surface area contributed by atoms with Gasteiger partial charge in [-0.2, -0.15) is 0 Å². The predicted octanol–water partition coefficient (Wildman–Crippen LogP) is 1.93. The van der Waals surface area contributed by atoms with Crippen LogP contribution in [0.1, 0.15) is 37.9 Å². The van der Waals surface area contributed by atoms with Gasteiger partial charge in [-0.05, 0) is 31.9 Å². The van der Waals surface area contributed by atoms with Gasteiger partial charge in [-0.25, -0.2) is 4.39 Å². The maximum Gasteiger partial charge on any atom is 0.223 e. The smallest absolute Gasteiger partial charge is 0.223 e. The fraction of sp³-hybridized carbons (Fsp3) is 0.500. The number of amides is 1. The molecule has 0 aliphatic heterocycles. The third-order valence-corrected chi connectivity index (χ3v) is 2.95. The molecule has 0 bridgehead atoms. The molecule has 1 fully saturated rings. The lowest BCUT2D eigenvalue weighted by Crippen LogP contribution is -2.26. The van der Waals surface area contributed by atoms with Crippen LogP contribution in [0.5, 0.6) is 5.75 Å². The molecule has 0 heterocycles. The van der Waals surface area contributed by atoms with Crippen molar-refractivity contribution in [2.24, 2.45) is 0 Å². The summed E-state index contributed by atoms with van der Waals surface area (Å²) in [4.78, 5) is 11.5. The first-order valence-corrected chi connectivity index (χ1v) is 6.46. The van der Waals surface area contributed by atoms with Crippen molar-refractivity contribution in [3.05, 3.63) is 29.6 Å². The summed E-state index contributed by atoms with van der Waals surface area (Å²) < 4.78 is 18.5. The number of aliphatic hydroxyl groups excluding tert-OH is 1. The van der Waals surface area contributed by atoms with E-state index < -0.39 is 11.9 Å². The van der Waals surface area contributed by atoms with E-state index in [2.05, 4.69) is 5.32 Å². The van der Waals surface area contributed by atoms with Crippen LogP contribution in [0.3, 0.4) is 0 Å². The Kier molecular flexibility index (Phi) is 4.37. The van der Waals surface area contributed by atoms with Crippen LogP contribution in [0.4, 0.5) is 4.39 Å². The number of aliphatic hydroxyl groups is 1. The Morgan fingerprint density at radius 3 is 2.95 bits per heavy atom. The molecule has 0 radical (unpaired) electrons. The molecule has 0 aromatic heterocycles. The van der Waals surface area contributed by atoms with Gasteiger partial charge in [-0.1, -0.05) is 0 Å². The molecule has 1 aromatic carbocycles. The van der Waals surface area contributed by atoms with Crippen molar-refractivity contribution in [3.63, 3.8) is 0 Å². The summed E-state index contributed by atoms with van der Waals surface area (Å²) in [6.45, 7) is 1.75. The molecule has 1 aliphatic rings.